The van der Waals surface area contributed by atoms with Gasteiger partial charge >= 0.3 is 0 Å². The van der Waals surface area contributed by atoms with Crippen LogP contribution < -0.4 is 0 Å². The monoisotopic (exact) mass is 104 g/mol. The third-order valence-corrected chi connectivity index (χ3v) is 0.979. The minimum absolute atomic E-state index is 0.0278. The third-order valence-electron chi connectivity index (χ3n) is 0.979. The molecule has 0 radical (unpaired) electrons. The maximum Gasteiger partial charge on any atom is 0.121 e. The Kier molecular flexibility index (Phi) is 1.09. The Morgan fingerprint density at radius 2 is 1.57 bits per heavy atom. The Bertz CT molecular complexity index is 78.1. The Morgan fingerprint density at radius 3 is 1.71 bits per heavy atom. The molecule has 0 spiro atoms. The van der Waals surface area contributed by atoms with Crippen molar-refractivity contribution in [1.29, 1.82) is 0 Å². The van der Waals surface area contributed by atoms with Crippen molar-refractivity contribution in [2.45, 2.75) is 18.8 Å². The van der Waals surface area contributed by atoms with Gasteiger partial charge in [0.05, 0.1) is 0 Å². The van der Waals surface area contributed by atoms with Crippen LogP contribution in [0.3, 0.4) is 0 Å². The standard InChI is InChI=1S/C5H6F2/c6-4-1-2-5(7)3-4/h1-2,4-5H,3H2/t4-,5+. The molecule has 40 valence electrons. The van der Waals surface area contributed by atoms with Crippen molar-refractivity contribution in [2.75, 3.05) is 0 Å². The highest BCUT2D eigenvalue weighted by Gasteiger charge is 2.15. The van der Waals surface area contributed by atoms with E-state index in [1.54, 1.807) is 0 Å². The lowest BCUT2D eigenvalue weighted by Gasteiger charge is -1.91. The molecule has 0 bridgehead atoms. The summed E-state index contributed by atoms with van der Waals surface area (Å²) < 4.78 is 23.7. The van der Waals surface area contributed by atoms with Crippen molar-refractivity contribution in [3.63, 3.8) is 0 Å². The Hall–Kier alpha value is -0.400. The summed E-state index contributed by atoms with van der Waals surface area (Å²) in [7, 11) is 0. The third kappa shape index (κ3) is 0.981. The lowest BCUT2D eigenvalue weighted by atomic mass is 10.3. The van der Waals surface area contributed by atoms with Crippen molar-refractivity contribution < 1.29 is 8.78 Å². The molecule has 0 amide bonds. The molecule has 0 heterocycles. The molecule has 0 fully saturated rings. The van der Waals surface area contributed by atoms with Gasteiger partial charge in [0.2, 0.25) is 0 Å². The predicted octanol–water partition coefficient (Wildman–Crippen LogP) is 1.62. The molecule has 7 heavy (non-hydrogen) atoms. The van der Waals surface area contributed by atoms with Gasteiger partial charge in [-0.25, -0.2) is 8.78 Å². The maximum atomic E-state index is 11.8. The van der Waals surface area contributed by atoms with Crippen LogP contribution in [0.5, 0.6) is 0 Å². The van der Waals surface area contributed by atoms with Gasteiger partial charge in [-0.3, -0.25) is 0 Å². The summed E-state index contributed by atoms with van der Waals surface area (Å²) in [5.41, 5.74) is 0. The second-order valence-corrected chi connectivity index (χ2v) is 1.65. The molecule has 1 rings (SSSR count). The number of rotatable bonds is 0. The molecule has 0 nitrogen and oxygen atoms in total. The SMILES string of the molecule is F[C@@H]1C=C[C@H](F)C1. The number of hydrogen-bond donors (Lipinski definition) is 0. The van der Waals surface area contributed by atoms with Crippen molar-refractivity contribution in [2.24, 2.45) is 0 Å². The topological polar surface area (TPSA) is 0 Å². The quantitative estimate of drug-likeness (QED) is 0.410. The molecule has 1 aliphatic carbocycles. The van der Waals surface area contributed by atoms with Crippen LogP contribution in [0.4, 0.5) is 8.78 Å². The van der Waals surface area contributed by atoms with E-state index in [1.807, 2.05) is 0 Å². The van der Waals surface area contributed by atoms with Crippen LogP contribution in [0, 0.1) is 0 Å². The van der Waals surface area contributed by atoms with E-state index in [0.29, 0.717) is 0 Å². The van der Waals surface area contributed by atoms with E-state index in [2.05, 4.69) is 0 Å². The molecule has 0 aromatic carbocycles. The number of halogens is 2. The molecule has 1 aliphatic rings. The highest BCUT2D eigenvalue weighted by Crippen LogP contribution is 2.15. The Balaban J connectivity index is 2.42. The van der Waals surface area contributed by atoms with Crippen LogP contribution in [0.1, 0.15) is 6.42 Å². The van der Waals surface area contributed by atoms with Crippen molar-refractivity contribution in [3.05, 3.63) is 12.2 Å². The van der Waals surface area contributed by atoms with Crippen LogP contribution in [0.2, 0.25) is 0 Å². The van der Waals surface area contributed by atoms with Crippen LogP contribution in [0.25, 0.3) is 0 Å². The number of hydrogen-bond acceptors (Lipinski definition) is 0. The largest absolute Gasteiger partial charge is 0.243 e. The van der Waals surface area contributed by atoms with E-state index < -0.39 is 12.3 Å². The summed E-state index contributed by atoms with van der Waals surface area (Å²) in [6.45, 7) is 0. The first kappa shape index (κ1) is 4.75. The summed E-state index contributed by atoms with van der Waals surface area (Å²) in [6, 6.07) is 0. The van der Waals surface area contributed by atoms with E-state index in [4.69, 9.17) is 0 Å². The van der Waals surface area contributed by atoms with Crippen LogP contribution in [0.15, 0.2) is 12.2 Å². The molecule has 0 saturated carbocycles. The zero-order valence-electron chi connectivity index (χ0n) is 3.77. The second-order valence-electron chi connectivity index (χ2n) is 1.65. The molecule has 0 aromatic rings. The highest BCUT2D eigenvalue weighted by molar-refractivity contribution is 5.03. The first-order valence-electron chi connectivity index (χ1n) is 2.25. The van der Waals surface area contributed by atoms with Crippen LogP contribution >= 0.6 is 0 Å². The van der Waals surface area contributed by atoms with Gasteiger partial charge in [0.25, 0.3) is 0 Å². The van der Waals surface area contributed by atoms with Gasteiger partial charge in [0.1, 0.15) is 12.3 Å². The van der Waals surface area contributed by atoms with Gasteiger partial charge in [-0.2, -0.15) is 0 Å². The van der Waals surface area contributed by atoms with E-state index >= 15 is 0 Å². The van der Waals surface area contributed by atoms with Gasteiger partial charge in [0, 0.05) is 6.42 Å². The zero-order chi connectivity index (χ0) is 5.28. The second kappa shape index (κ2) is 1.60. The van der Waals surface area contributed by atoms with Gasteiger partial charge in [0.15, 0.2) is 0 Å². The average Bonchev–Trinajstić information content (AvgIpc) is 1.87. The molecule has 2 heteroatoms. The molecule has 0 aromatic heterocycles. The van der Waals surface area contributed by atoms with E-state index in [1.165, 1.54) is 12.2 Å². The molecule has 0 aliphatic heterocycles. The number of alkyl halides is 2. The fraction of sp³-hybridized carbons (Fsp3) is 0.600. The fourth-order valence-electron chi connectivity index (χ4n) is 0.613. The van der Waals surface area contributed by atoms with Crippen molar-refractivity contribution in [1.82, 2.24) is 0 Å². The highest BCUT2D eigenvalue weighted by atomic mass is 19.1. The van der Waals surface area contributed by atoms with Crippen molar-refractivity contribution >= 4 is 0 Å². The normalized spacial score (nSPS) is 39.7. The average molecular weight is 104 g/mol. The first-order valence-corrected chi connectivity index (χ1v) is 2.25. The van der Waals surface area contributed by atoms with Crippen LogP contribution in [-0.4, -0.2) is 12.3 Å². The molecular formula is C5H6F2. The van der Waals surface area contributed by atoms with E-state index in [-0.39, 0.29) is 6.42 Å². The Labute approximate surface area is 40.8 Å². The van der Waals surface area contributed by atoms with E-state index in [9.17, 15) is 8.78 Å². The van der Waals surface area contributed by atoms with Crippen molar-refractivity contribution in [3.8, 4) is 0 Å². The molecule has 2 atom stereocenters. The molecule has 0 saturated heterocycles. The van der Waals surface area contributed by atoms with E-state index in [0.717, 1.165) is 0 Å². The summed E-state index contributed by atoms with van der Waals surface area (Å²) >= 11 is 0. The fourth-order valence-corrected chi connectivity index (χ4v) is 0.613. The first-order chi connectivity index (χ1) is 3.29. The van der Waals surface area contributed by atoms with Gasteiger partial charge in [-0.15, -0.1) is 0 Å². The minimum atomic E-state index is -1.03. The van der Waals surface area contributed by atoms with Crippen LogP contribution in [-0.2, 0) is 0 Å². The summed E-state index contributed by atoms with van der Waals surface area (Å²) in [5.74, 6) is 0. The lowest BCUT2D eigenvalue weighted by molar-refractivity contribution is 0.311. The summed E-state index contributed by atoms with van der Waals surface area (Å²) in [6.07, 6.45) is 0.472. The molecule has 0 N–H and O–H groups in total. The molecule has 0 unspecified atom stereocenters. The zero-order valence-corrected chi connectivity index (χ0v) is 3.77. The van der Waals surface area contributed by atoms with Gasteiger partial charge < -0.3 is 0 Å². The molecular weight excluding hydrogens is 98.1 g/mol. The minimum Gasteiger partial charge on any atom is -0.243 e. The predicted molar refractivity (Wildman–Crippen MR) is 23.5 cm³/mol. The number of allylic oxidation sites excluding steroid dienone is 2. The Morgan fingerprint density at radius 1 is 1.14 bits per heavy atom. The lowest BCUT2D eigenvalue weighted by Crippen LogP contribution is -1.94. The van der Waals surface area contributed by atoms with Gasteiger partial charge in [-0.1, -0.05) is 12.2 Å². The van der Waals surface area contributed by atoms with Gasteiger partial charge in [-0.05, 0) is 0 Å². The summed E-state index contributed by atoms with van der Waals surface area (Å²) in [4.78, 5) is 0. The summed E-state index contributed by atoms with van der Waals surface area (Å²) in [5, 5.41) is 0. The maximum absolute atomic E-state index is 11.8. The smallest absolute Gasteiger partial charge is 0.121 e.